The topological polar surface area (TPSA) is 55.1 Å². The van der Waals surface area contributed by atoms with Crippen LogP contribution in [0.15, 0.2) is 22.7 Å². The molecule has 0 heterocycles. The van der Waals surface area contributed by atoms with E-state index in [9.17, 15) is 18.0 Å². The van der Waals surface area contributed by atoms with Crippen molar-refractivity contribution >= 4 is 34.2 Å². The molecule has 0 bridgehead atoms. The molecule has 1 rings (SSSR count). The van der Waals surface area contributed by atoms with E-state index in [2.05, 4.69) is 15.9 Å². The first-order valence-electron chi connectivity index (χ1n) is 4.67. The van der Waals surface area contributed by atoms with Gasteiger partial charge in [-0.3, -0.25) is 4.79 Å². The van der Waals surface area contributed by atoms with E-state index in [0.29, 0.717) is 0 Å². The van der Waals surface area contributed by atoms with Gasteiger partial charge in [0.15, 0.2) is 0 Å². The summed E-state index contributed by atoms with van der Waals surface area (Å²) in [6, 6.07) is 3.91. The highest BCUT2D eigenvalue weighted by Crippen LogP contribution is 2.19. The number of halogens is 5. The quantitative estimate of drug-likeness (QED) is 0.878. The summed E-state index contributed by atoms with van der Waals surface area (Å²) in [6.07, 6.45) is 0. The van der Waals surface area contributed by atoms with Crippen LogP contribution in [0.3, 0.4) is 0 Å². The number of nitrogens with one attached hydrogen (secondary N) is 1. The Morgan fingerprint density at radius 2 is 2.06 bits per heavy atom. The van der Waals surface area contributed by atoms with Crippen LogP contribution in [-0.2, 0) is 0 Å². The summed E-state index contributed by atoms with van der Waals surface area (Å²) in [6.45, 7) is -1.81. The molecule has 0 atom stereocenters. The molecule has 3 nitrogen and oxygen atoms in total. The maximum absolute atomic E-state index is 13.3. The Labute approximate surface area is 116 Å². The number of hydrogen-bond acceptors (Lipinski definition) is 2. The largest absolute Gasteiger partial charge is 0.346 e. The van der Waals surface area contributed by atoms with Crippen molar-refractivity contribution in [1.82, 2.24) is 5.32 Å². The highest BCUT2D eigenvalue weighted by atomic mass is 79.9. The van der Waals surface area contributed by atoms with Crippen LogP contribution in [0.1, 0.15) is 10.4 Å². The number of nitrogens with two attached hydrogens (primary N) is 1. The second-order valence-electron chi connectivity index (χ2n) is 3.34. The lowest BCUT2D eigenvalue weighted by Gasteiger charge is -2.15. The average Bonchev–Trinajstić information content (AvgIpc) is 2.26. The van der Waals surface area contributed by atoms with Crippen LogP contribution in [-0.4, -0.2) is 24.9 Å². The van der Waals surface area contributed by atoms with Crippen molar-refractivity contribution in [2.75, 3.05) is 13.1 Å². The van der Waals surface area contributed by atoms with Gasteiger partial charge >= 0.3 is 0 Å². The first kappa shape index (κ1) is 17.2. The molecule has 0 saturated heterocycles. The molecular weight excluding hydrogens is 336 g/mol. The molecule has 0 aromatic heterocycles. The van der Waals surface area contributed by atoms with Gasteiger partial charge in [-0.15, -0.1) is 12.4 Å². The lowest BCUT2D eigenvalue weighted by Crippen LogP contribution is -2.41. The zero-order chi connectivity index (χ0) is 13.1. The Morgan fingerprint density at radius 3 is 2.56 bits per heavy atom. The summed E-state index contributed by atoms with van der Waals surface area (Å²) in [7, 11) is 0. The second kappa shape index (κ2) is 6.96. The van der Waals surface area contributed by atoms with E-state index in [4.69, 9.17) is 5.73 Å². The zero-order valence-electron chi connectivity index (χ0n) is 9.05. The van der Waals surface area contributed by atoms with Crippen LogP contribution in [0.4, 0.5) is 13.2 Å². The van der Waals surface area contributed by atoms with Crippen molar-refractivity contribution in [3.8, 4) is 0 Å². The molecule has 1 aromatic rings. The summed E-state index contributed by atoms with van der Waals surface area (Å²) >= 11 is 2.97. The minimum Gasteiger partial charge on any atom is -0.346 e. The maximum atomic E-state index is 13.3. The predicted octanol–water partition coefficient (Wildman–Crippen LogP) is 2.33. The maximum Gasteiger partial charge on any atom is 0.277 e. The molecule has 0 radical (unpaired) electrons. The molecule has 1 amide bonds. The van der Waals surface area contributed by atoms with Crippen molar-refractivity contribution in [2.24, 2.45) is 5.73 Å². The predicted molar refractivity (Wildman–Crippen MR) is 67.7 cm³/mol. The average molecular weight is 348 g/mol. The molecule has 0 aliphatic rings. The lowest BCUT2D eigenvalue weighted by molar-refractivity contribution is 0.0118. The summed E-state index contributed by atoms with van der Waals surface area (Å²) in [4.78, 5) is 11.5. The van der Waals surface area contributed by atoms with E-state index >= 15 is 0 Å². The molecule has 18 heavy (non-hydrogen) atoms. The van der Waals surface area contributed by atoms with Crippen molar-refractivity contribution in [1.29, 1.82) is 0 Å². The van der Waals surface area contributed by atoms with Crippen LogP contribution < -0.4 is 11.1 Å². The van der Waals surface area contributed by atoms with E-state index in [1.165, 1.54) is 12.1 Å². The molecule has 8 heteroatoms. The molecule has 1 aromatic carbocycles. The van der Waals surface area contributed by atoms with Crippen molar-refractivity contribution in [2.45, 2.75) is 5.92 Å². The number of rotatable bonds is 4. The van der Waals surface area contributed by atoms with Crippen LogP contribution in [0.5, 0.6) is 0 Å². The van der Waals surface area contributed by atoms with Gasteiger partial charge in [0.05, 0.1) is 18.7 Å². The highest BCUT2D eigenvalue weighted by Gasteiger charge is 2.28. The first-order valence-corrected chi connectivity index (χ1v) is 5.47. The van der Waals surface area contributed by atoms with Gasteiger partial charge in [-0.05, 0) is 28.1 Å². The number of benzene rings is 1. The molecule has 0 fully saturated rings. The molecular formula is C10H11BrClF3N2O. The normalized spacial score (nSPS) is 10.7. The molecule has 0 aliphatic carbocycles. The van der Waals surface area contributed by atoms with E-state index in [1.54, 1.807) is 0 Å². The fourth-order valence-electron chi connectivity index (χ4n) is 1.08. The van der Waals surface area contributed by atoms with Crippen molar-refractivity contribution in [3.05, 3.63) is 34.1 Å². The highest BCUT2D eigenvalue weighted by molar-refractivity contribution is 9.10. The molecule has 0 aliphatic heterocycles. The second-order valence-corrected chi connectivity index (χ2v) is 4.19. The first-order chi connectivity index (χ1) is 7.87. The Bertz CT molecular complexity index is 411. The molecule has 0 unspecified atom stereocenters. The van der Waals surface area contributed by atoms with Crippen LogP contribution in [0.2, 0.25) is 0 Å². The number of amides is 1. The zero-order valence-corrected chi connectivity index (χ0v) is 11.5. The number of carbonyl (C=O) groups is 1. The Balaban J connectivity index is 0.00000289. The van der Waals surface area contributed by atoms with Crippen molar-refractivity contribution < 1.29 is 18.0 Å². The Hall–Kier alpha value is -0.790. The van der Waals surface area contributed by atoms with Gasteiger partial charge in [0, 0.05) is 4.47 Å². The number of carbonyl (C=O) groups excluding carboxylic acids is 1. The summed E-state index contributed by atoms with van der Waals surface area (Å²) in [5.74, 6) is -4.90. The third kappa shape index (κ3) is 4.47. The van der Waals surface area contributed by atoms with E-state index in [0.717, 1.165) is 6.07 Å². The SMILES string of the molecule is Cl.NCC(F)(F)CNC(=O)c1c(F)cccc1Br. The van der Waals surface area contributed by atoms with Gasteiger partial charge in [0.2, 0.25) is 0 Å². The smallest absolute Gasteiger partial charge is 0.277 e. The summed E-state index contributed by atoms with van der Waals surface area (Å²) < 4.78 is 39.1. The Kier molecular flexibility index (Phi) is 6.66. The van der Waals surface area contributed by atoms with Gasteiger partial charge in [0.1, 0.15) is 5.82 Å². The van der Waals surface area contributed by atoms with Gasteiger partial charge in [-0.2, -0.15) is 0 Å². The van der Waals surface area contributed by atoms with Crippen molar-refractivity contribution in [3.63, 3.8) is 0 Å². The number of hydrogen-bond donors (Lipinski definition) is 2. The van der Waals surface area contributed by atoms with Gasteiger partial charge in [-0.1, -0.05) is 6.07 Å². The molecule has 102 valence electrons. The van der Waals surface area contributed by atoms with E-state index in [1.807, 2.05) is 5.32 Å². The fraction of sp³-hybridized carbons (Fsp3) is 0.300. The molecule has 0 spiro atoms. The van der Waals surface area contributed by atoms with E-state index in [-0.39, 0.29) is 22.4 Å². The summed E-state index contributed by atoms with van der Waals surface area (Å²) in [5.41, 5.74) is 4.50. The van der Waals surface area contributed by atoms with Gasteiger partial charge in [-0.25, -0.2) is 13.2 Å². The molecule has 0 saturated carbocycles. The minimum absolute atomic E-state index is 0. The van der Waals surface area contributed by atoms with E-state index < -0.39 is 30.7 Å². The van der Waals surface area contributed by atoms with Gasteiger partial charge in [0.25, 0.3) is 11.8 Å². The third-order valence-electron chi connectivity index (χ3n) is 2.00. The fourth-order valence-corrected chi connectivity index (χ4v) is 1.61. The summed E-state index contributed by atoms with van der Waals surface area (Å²) in [5, 5.41) is 1.93. The van der Waals surface area contributed by atoms with Crippen LogP contribution in [0.25, 0.3) is 0 Å². The Morgan fingerprint density at radius 1 is 1.44 bits per heavy atom. The van der Waals surface area contributed by atoms with Crippen LogP contribution in [0, 0.1) is 5.82 Å². The van der Waals surface area contributed by atoms with Gasteiger partial charge < -0.3 is 11.1 Å². The monoisotopic (exact) mass is 346 g/mol. The molecule has 3 N–H and O–H groups in total. The third-order valence-corrected chi connectivity index (χ3v) is 2.66. The van der Waals surface area contributed by atoms with Crippen LogP contribution >= 0.6 is 28.3 Å². The standard InChI is InChI=1S/C10H10BrF3N2O.ClH/c11-6-2-1-3-7(12)8(6)9(17)16-5-10(13,14)4-15;/h1-3H,4-5,15H2,(H,16,17);1H. The lowest BCUT2D eigenvalue weighted by atomic mass is 10.2. The number of alkyl halides is 2. The minimum atomic E-state index is -3.20.